The minimum Gasteiger partial charge on any atom is -0.340 e. The van der Waals surface area contributed by atoms with Gasteiger partial charge in [0.05, 0.1) is 23.3 Å². The third-order valence-electron chi connectivity index (χ3n) is 2.55. The van der Waals surface area contributed by atoms with Gasteiger partial charge in [0.25, 0.3) is 0 Å². The molecule has 0 saturated carbocycles. The van der Waals surface area contributed by atoms with E-state index in [2.05, 4.69) is 16.4 Å². The number of aromatic nitrogens is 1. The Balaban J connectivity index is 2.39. The maximum absolute atomic E-state index is 8.89. The highest BCUT2D eigenvalue weighted by molar-refractivity contribution is 6.29. The molecule has 0 saturated heterocycles. The number of nitrogens with zero attached hydrogens (tertiary/aromatic N) is 3. The van der Waals surface area contributed by atoms with E-state index in [4.69, 9.17) is 22.1 Å². The Labute approximate surface area is 115 Å². The van der Waals surface area contributed by atoms with E-state index in [0.29, 0.717) is 16.9 Å². The first-order valence-corrected chi connectivity index (χ1v) is 5.85. The molecule has 4 nitrogen and oxygen atoms in total. The number of benzene rings is 1. The zero-order valence-electron chi connectivity index (χ0n) is 10.1. The van der Waals surface area contributed by atoms with Crippen molar-refractivity contribution in [3.8, 4) is 12.1 Å². The van der Waals surface area contributed by atoms with Crippen molar-refractivity contribution < 1.29 is 0 Å². The molecule has 1 N–H and O–H groups in total. The van der Waals surface area contributed by atoms with Crippen LogP contribution in [0.5, 0.6) is 0 Å². The summed E-state index contributed by atoms with van der Waals surface area (Å²) in [5, 5.41) is 21.1. The Morgan fingerprint density at radius 2 is 1.84 bits per heavy atom. The number of hydrogen-bond acceptors (Lipinski definition) is 4. The summed E-state index contributed by atoms with van der Waals surface area (Å²) in [7, 11) is 0. The van der Waals surface area contributed by atoms with Gasteiger partial charge < -0.3 is 5.32 Å². The molecule has 0 bridgehead atoms. The lowest BCUT2D eigenvalue weighted by atomic mass is 10.1. The summed E-state index contributed by atoms with van der Waals surface area (Å²) >= 11 is 5.84. The average Bonchev–Trinajstić information content (AvgIpc) is 2.40. The van der Waals surface area contributed by atoms with Crippen molar-refractivity contribution >= 4 is 23.1 Å². The van der Waals surface area contributed by atoms with Crippen LogP contribution in [0.25, 0.3) is 0 Å². The Morgan fingerprint density at radius 3 is 2.53 bits per heavy atom. The van der Waals surface area contributed by atoms with Crippen LogP contribution in [0.3, 0.4) is 0 Å². The third kappa shape index (κ3) is 3.01. The maximum Gasteiger partial charge on any atom is 0.133 e. The number of hydrogen-bond donors (Lipinski definition) is 1. The third-order valence-corrected chi connectivity index (χ3v) is 2.75. The molecule has 5 heteroatoms. The highest BCUT2D eigenvalue weighted by Gasteiger charge is 2.04. The van der Waals surface area contributed by atoms with Gasteiger partial charge in [-0.05, 0) is 36.8 Å². The fourth-order valence-electron chi connectivity index (χ4n) is 1.59. The molecule has 19 heavy (non-hydrogen) atoms. The van der Waals surface area contributed by atoms with E-state index in [0.717, 1.165) is 11.3 Å². The Morgan fingerprint density at radius 1 is 1.11 bits per heavy atom. The highest BCUT2D eigenvalue weighted by Crippen LogP contribution is 2.22. The fraction of sp³-hybridized carbons (Fsp3) is 0.0714. The molecule has 0 fully saturated rings. The molecule has 0 unspecified atom stereocenters. The maximum atomic E-state index is 8.89. The van der Waals surface area contributed by atoms with Crippen molar-refractivity contribution in [1.82, 2.24) is 4.98 Å². The lowest BCUT2D eigenvalue weighted by Crippen LogP contribution is -1.97. The van der Waals surface area contributed by atoms with Crippen molar-refractivity contribution in [2.45, 2.75) is 6.92 Å². The zero-order chi connectivity index (χ0) is 13.8. The largest absolute Gasteiger partial charge is 0.340 e. The number of nitrogens with one attached hydrogen (secondary N) is 1. The van der Waals surface area contributed by atoms with E-state index in [1.165, 1.54) is 6.07 Å². The van der Waals surface area contributed by atoms with Crippen LogP contribution in [0.2, 0.25) is 5.15 Å². The number of anilines is 2. The molecule has 0 aliphatic heterocycles. The molecule has 0 spiro atoms. The molecule has 0 aliphatic rings. The van der Waals surface area contributed by atoms with Crippen LogP contribution in [0.4, 0.5) is 11.5 Å². The lowest BCUT2D eigenvalue weighted by molar-refractivity contribution is 1.28. The molecule has 1 heterocycles. The van der Waals surface area contributed by atoms with Crippen LogP contribution in [-0.2, 0) is 0 Å². The van der Waals surface area contributed by atoms with Crippen LogP contribution in [0.1, 0.15) is 16.7 Å². The van der Waals surface area contributed by atoms with Gasteiger partial charge in [-0.3, -0.25) is 0 Å². The summed E-state index contributed by atoms with van der Waals surface area (Å²) in [6, 6.07) is 12.5. The SMILES string of the molecule is Cc1ccc(C#N)cc1Nc1cc(C#N)cc(Cl)n1. The summed E-state index contributed by atoms with van der Waals surface area (Å²) in [6.07, 6.45) is 0. The van der Waals surface area contributed by atoms with Gasteiger partial charge in [0, 0.05) is 5.69 Å². The minimum absolute atomic E-state index is 0.246. The van der Waals surface area contributed by atoms with Crippen LogP contribution >= 0.6 is 11.6 Å². The Kier molecular flexibility index (Phi) is 3.66. The molecule has 1 aromatic heterocycles. The van der Waals surface area contributed by atoms with Crippen LogP contribution in [-0.4, -0.2) is 4.98 Å². The first kappa shape index (κ1) is 12.9. The number of halogens is 1. The van der Waals surface area contributed by atoms with E-state index in [9.17, 15) is 0 Å². The van der Waals surface area contributed by atoms with Crippen molar-refractivity contribution in [1.29, 1.82) is 10.5 Å². The molecule has 0 atom stereocenters. The topological polar surface area (TPSA) is 72.5 Å². The normalized spacial score (nSPS) is 9.47. The summed E-state index contributed by atoms with van der Waals surface area (Å²) in [5.74, 6) is 0.474. The summed E-state index contributed by atoms with van der Waals surface area (Å²) in [5.41, 5.74) is 2.71. The number of aryl methyl sites for hydroxylation is 1. The first-order valence-electron chi connectivity index (χ1n) is 5.48. The van der Waals surface area contributed by atoms with Crippen molar-refractivity contribution in [2.75, 3.05) is 5.32 Å². The number of pyridine rings is 1. The predicted molar refractivity (Wildman–Crippen MR) is 73.1 cm³/mol. The quantitative estimate of drug-likeness (QED) is 0.846. The highest BCUT2D eigenvalue weighted by atomic mass is 35.5. The molecule has 2 rings (SSSR count). The van der Waals surface area contributed by atoms with Gasteiger partial charge in [-0.15, -0.1) is 0 Å². The second-order valence-corrected chi connectivity index (χ2v) is 4.33. The molecule has 2 aromatic rings. The van der Waals surface area contributed by atoms with E-state index < -0.39 is 0 Å². The van der Waals surface area contributed by atoms with Crippen molar-refractivity contribution in [3.05, 3.63) is 52.2 Å². The molecule has 92 valence electrons. The fourth-order valence-corrected chi connectivity index (χ4v) is 1.80. The Hall–Kier alpha value is -2.56. The van der Waals surface area contributed by atoms with Gasteiger partial charge in [-0.2, -0.15) is 10.5 Å². The van der Waals surface area contributed by atoms with Crippen molar-refractivity contribution in [3.63, 3.8) is 0 Å². The molecule has 0 aliphatic carbocycles. The lowest BCUT2D eigenvalue weighted by Gasteiger charge is -2.09. The van der Waals surface area contributed by atoms with E-state index in [1.54, 1.807) is 18.2 Å². The summed E-state index contributed by atoms with van der Waals surface area (Å²) < 4.78 is 0. The smallest absolute Gasteiger partial charge is 0.133 e. The molecule has 1 aromatic carbocycles. The minimum atomic E-state index is 0.246. The Bertz CT molecular complexity index is 710. The standard InChI is InChI=1S/C14H9ClN4/c1-9-2-3-10(7-16)4-12(9)18-14-6-11(8-17)5-13(15)19-14/h2-6H,1H3,(H,18,19). The molecule has 0 amide bonds. The van der Waals surface area contributed by atoms with Crippen molar-refractivity contribution in [2.24, 2.45) is 0 Å². The van der Waals surface area contributed by atoms with E-state index >= 15 is 0 Å². The molecular weight excluding hydrogens is 260 g/mol. The monoisotopic (exact) mass is 268 g/mol. The van der Waals surface area contributed by atoms with Gasteiger partial charge in [0.2, 0.25) is 0 Å². The van der Waals surface area contributed by atoms with E-state index in [-0.39, 0.29) is 5.15 Å². The summed E-state index contributed by atoms with van der Waals surface area (Å²) in [4.78, 5) is 4.09. The molecule has 0 radical (unpaired) electrons. The second kappa shape index (κ2) is 5.39. The number of nitriles is 2. The van der Waals surface area contributed by atoms with Gasteiger partial charge in [-0.25, -0.2) is 4.98 Å². The summed E-state index contributed by atoms with van der Waals surface area (Å²) in [6.45, 7) is 1.92. The van der Waals surface area contributed by atoms with Gasteiger partial charge in [-0.1, -0.05) is 17.7 Å². The average molecular weight is 269 g/mol. The van der Waals surface area contributed by atoms with E-state index in [1.807, 2.05) is 19.1 Å². The van der Waals surface area contributed by atoms with Gasteiger partial charge in [0.15, 0.2) is 0 Å². The van der Waals surface area contributed by atoms with Crippen LogP contribution < -0.4 is 5.32 Å². The van der Waals surface area contributed by atoms with Crippen LogP contribution in [0, 0.1) is 29.6 Å². The van der Waals surface area contributed by atoms with Gasteiger partial charge in [0.1, 0.15) is 11.0 Å². The first-order chi connectivity index (χ1) is 9.12. The van der Waals surface area contributed by atoms with Gasteiger partial charge >= 0.3 is 0 Å². The predicted octanol–water partition coefficient (Wildman–Crippen LogP) is 3.53. The van der Waals surface area contributed by atoms with Crippen LogP contribution in [0.15, 0.2) is 30.3 Å². The second-order valence-electron chi connectivity index (χ2n) is 3.94. The number of rotatable bonds is 2. The molecular formula is C14H9ClN4. The zero-order valence-corrected chi connectivity index (χ0v) is 10.9.